The molecule has 0 N–H and O–H groups in total. The van der Waals surface area contributed by atoms with Crippen molar-refractivity contribution >= 4 is 21.6 Å². The zero-order valence-corrected chi connectivity index (χ0v) is 14.4. The van der Waals surface area contributed by atoms with E-state index in [-0.39, 0.29) is 35.6 Å². The molecule has 0 unspecified atom stereocenters. The average Bonchev–Trinajstić information content (AvgIpc) is 2.62. The van der Waals surface area contributed by atoms with E-state index in [0.717, 1.165) is 29.3 Å². The maximum atomic E-state index is 12.7. The molecule has 2 saturated heterocycles. The smallest absolute Gasteiger partial charge is 0.269 e. The van der Waals surface area contributed by atoms with Crippen LogP contribution in [0.15, 0.2) is 29.2 Å². The van der Waals surface area contributed by atoms with E-state index in [1.165, 1.54) is 12.1 Å². The fourth-order valence-electron chi connectivity index (χ4n) is 3.14. The van der Waals surface area contributed by atoms with E-state index in [0.29, 0.717) is 19.8 Å². The molecule has 1 amide bonds. The molecule has 2 fully saturated rings. The second kappa shape index (κ2) is 7.06. The van der Waals surface area contributed by atoms with Crippen molar-refractivity contribution < 1.29 is 22.9 Å². The largest absolute Gasteiger partial charge is 0.381 e. The van der Waals surface area contributed by atoms with Crippen LogP contribution in [0.4, 0.5) is 5.69 Å². The highest BCUT2D eigenvalue weighted by Gasteiger charge is 2.36. The third-order valence-electron chi connectivity index (χ3n) is 4.54. The molecular formula is C15H19N3O6S. The zero-order chi connectivity index (χ0) is 18.0. The molecule has 0 saturated carbocycles. The van der Waals surface area contributed by atoms with E-state index in [9.17, 15) is 23.3 Å². The van der Waals surface area contributed by atoms with Crippen LogP contribution >= 0.6 is 0 Å². The van der Waals surface area contributed by atoms with Gasteiger partial charge in [-0.1, -0.05) is 0 Å². The van der Waals surface area contributed by atoms with Gasteiger partial charge < -0.3 is 9.64 Å². The lowest BCUT2D eigenvalue weighted by Crippen LogP contribution is -2.56. The molecule has 3 rings (SSSR count). The van der Waals surface area contributed by atoms with Crippen molar-refractivity contribution in [1.82, 2.24) is 9.21 Å². The number of non-ortho nitro benzene ring substituents is 1. The van der Waals surface area contributed by atoms with Gasteiger partial charge in [0.15, 0.2) is 0 Å². The Hall–Kier alpha value is -2.04. The first-order valence-corrected chi connectivity index (χ1v) is 9.45. The van der Waals surface area contributed by atoms with Crippen LogP contribution in [-0.4, -0.2) is 67.3 Å². The Morgan fingerprint density at radius 3 is 2.32 bits per heavy atom. The number of carbonyl (C=O) groups is 1. The Morgan fingerprint density at radius 1 is 1.12 bits per heavy atom. The summed E-state index contributed by atoms with van der Waals surface area (Å²) in [6.07, 6.45) is 1.53. The maximum absolute atomic E-state index is 12.7. The van der Waals surface area contributed by atoms with Crippen LogP contribution in [-0.2, 0) is 19.6 Å². The van der Waals surface area contributed by atoms with Crippen LogP contribution in [0, 0.1) is 10.1 Å². The second-order valence-electron chi connectivity index (χ2n) is 6.02. The fraction of sp³-hybridized carbons (Fsp3) is 0.533. The average molecular weight is 369 g/mol. The molecule has 25 heavy (non-hydrogen) atoms. The summed E-state index contributed by atoms with van der Waals surface area (Å²) in [6.45, 7) is 1.56. The van der Waals surface area contributed by atoms with Gasteiger partial charge >= 0.3 is 0 Å². The number of piperazine rings is 1. The molecule has 136 valence electrons. The quantitative estimate of drug-likeness (QED) is 0.568. The van der Waals surface area contributed by atoms with Crippen LogP contribution in [0.5, 0.6) is 0 Å². The van der Waals surface area contributed by atoms with Gasteiger partial charge in [-0.25, -0.2) is 8.42 Å². The van der Waals surface area contributed by atoms with Crippen LogP contribution in [0.25, 0.3) is 0 Å². The molecule has 0 bridgehead atoms. The monoisotopic (exact) mass is 369 g/mol. The second-order valence-corrected chi connectivity index (χ2v) is 7.96. The number of rotatable bonds is 4. The van der Waals surface area contributed by atoms with Gasteiger partial charge in [0.1, 0.15) is 0 Å². The van der Waals surface area contributed by atoms with E-state index in [2.05, 4.69) is 0 Å². The summed E-state index contributed by atoms with van der Waals surface area (Å²) >= 11 is 0. The minimum atomic E-state index is -3.85. The molecule has 2 heterocycles. The summed E-state index contributed by atoms with van der Waals surface area (Å²) in [5, 5.41) is 10.7. The first-order valence-electron chi connectivity index (χ1n) is 8.01. The van der Waals surface area contributed by atoms with Gasteiger partial charge in [-0.05, 0) is 25.0 Å². The number of nitrogens with zero attached hydrogens (tertiary/aromatic N) is 3. The molecule has 0 atom stereocenters. The van der Waals surface area contributed by atoms with Crippen molar-refractivity contribution in [2.75, 3.05) is 32.8 Å². The molecule has 1 aromatic carbocycles. The van der Waals surface area contributed by atoms with Crippen molar-refractivity contribution in [1.29, 1.82) is 0 Å². The number of hydrogen-bond donors (Lipinski definition) is 0. The third-order valence-corrected chi connectivity index (χ3v) is 6.40. The molecule has 9 nitrogen and oxygen atoms in total. The van der Waals surface area contributed by atoms with Gasteiger partial charge in [-0.15, -0.1) is 0 Å². The van der Waals surface area contributed by atoms with E-state index < -0.39 is 14.9 Å². The lowest BCUT2D eigenvalue weighted by atomic mass is 10.1. The lowest BCUT2D eigenvalue weighted by molar-refractivity contribution is -0.384. The van der Waals surface area contributed by atoms with Gasteiger partial charge in [0.05, 0.1) is 16.4 Å². The van der Waals surface area contributed by atoms with Gasteiger partial charge in [0.2, 0.25) is 15.9 Å². The number of nitro groups is 1. The molecule has 0 aromatic heterocycles. The fourth-order valence-corrected chi connectivity index (χ4v) is 4.52. The molecule has 0 spiro atoms. The summed E-state index contributed by atoms with van der Waals surface area (Å²) in [4.78, 5) is 24.2. The van der Waals surface area contributed by atoms with Crippen LogP contribution in [0.3, 0.4) is 0 Å². The number of nitro benzene ring substituents is 1. The normalized spacial score (nSPS) is 20.6. The number of carbonyl (C=O) groups excluding carboxylic acids is 1. The maximum Gasteiger partial charge on any atom is 0.269 e. The predicted molar refractivity (Wildman–Crippen MR) is 87.4 cm³/mol. The minimum Gasteiger partial charge on any atom is -0.381 e. The Labute approximate surface area is 145 Å². The highest BCUT2D eigenvalue weighted by molar-refractivity contribution is 7.89. The summed E-state index contributed by atoms with van der Waals surface area (Å²) < 4.78 is 31.7. The molecule has 0 aliphatic carbocycles. The van der Waals surface area contributed by atoms with E-state index in [1.807, 2.05) is 0 Å². The van der Waals surface area contributed by atoms with E-state index in [4.69, 9.17) is 4.74 Å². The topological polar surface area (TPSA) is 110 Å². The summed E-state index contributed by atoms with van der Waals surface area (Å²) in [7, 11) is -3.85. The van der Waals surface area contributed by atoms with Gasteiger partial charge in [-0.3, -0.25) is 14.9 Å². The number of hydrogen-bond acceptors (Lipinski definition) is 6. The molecule has 2 aliphatic rings. The van der Waals surface area contributed by atoms with Gasteiger partial charge in [0, 0.05) is 44.5 Å². The van der Waals surface area contributed by atoms with Crippen molar-refractivity contribution in [3.63, 3.8) is 0 Å². The summed E-state index contributed by atoms with van der Waals surface area (Å²) in [6, 6.07) is 4.79. The minimum absolute atomic E-state index is 0.0505. The Morgan fingerprint density at radius 2 is 1.76 bits per heavy atom. The zero-order valence-electron chi connectivity index (χ0n) is 13.5. The third kappa shape index (κ3) is 3.65. The Balaban J connectivity index is 1.71. The Bertz CT molecular complexity index is 758. The van der Waals surface area contributed by atoms with Gasteiger partial charge in [-0.2, -0.15) is 4.31 Å². The van der Waals surface area contributed by atoms with Crippen molar-refractivity contribution in [2.45, 2.75) is 23.8 Å². The first-order chi connectivity index (χ1) is 11.9. The number of amides is 1. The lowest BCUT2D eigenvalue weighted by Gasteiger charge is -2.39. The number of ether oxygens (including phenoxy) is 1. The first kappa shape index (κ1) is 17.8. The molecule has 2 aliphatic heterocycles. The standard InChI is InChI=1S/C15H19N3O6S/c19-15-11-16(7-8-17(15)12-5-9-24-10-6-12)25(22,23)14-3-1-13(2-4-14)18(20)21/h1-4,12H,5-11H2. The molecule has 1 aromatic rings. The predicted octanol–water partition coefficient (Wildman–Crippen LogP) is 0.607. The molecule has 10 heteroatoms. The number of sulfonamides is 1. The SMILES string of the molecule is O=C1CN(S(=O)(=O)c2ccc([N+](=O)[O-])cc2)CCN1C1CCOCC1. The highest BCUT2D eigenvalue weighted by atomic mass is 32.2. The van der Waals surface area contributed by atoms with Crippen LogP contribution in [0.1, 0.15) is 12.8 Å². The highest BCUT2D eigenvalue weighted by Crippen LogP contribution is 2.23. The van der Waals surface area contributed by atoms with E-state index >= 15 is 0 Å². The number of benzene rings is 1. The van der Waals surface area contributed by atoms with Crippen LogP contribution < -0.4 is 0 Å². The van der Waals surface area contributed by atoms with Crippen molar-refractivity contribution in [2.24, 2.45) is 0 Å². The van der Waals surface area contributed by atoms with Gasteiger partial charge in [0.25, 0.3) is 5.69 Å². The van der Waals surface area contributed by atoms with E-state index in [1.54, 1.807) is 4.90 Å². The van der Waals surface area contributed by atoms with Crippen LogP contribution in [0.2, 0.25) is 0 Å². The van der Waals surface area contributed by atoms with Crippen molar-refractivity contribution in [3.8, 4) is 0 Å². The molecule has 0 radical (unpaired) electrons. The molecular weight excluding hydrogens is 350 g/mol. The van der Waals surface area contributed by atoms with Crippen molar-refractivity contribution in [3.05, 3.63) is 34.4 Å². The summed E-state index contributed by atoms with van der Waals surface area (Å²) in [5.41, 5.74) is -0.181. The summed E-state index contributed by atoms with van der Waals surface area (Å²) in [5.74, 6) is -0.219. The Kier molecular flexibility index (Phi) is 5.02.